The third kappa shape index (κ3) is 4.99. The van der Waals surface area contributed by atoms with Gasteiger partial charge in [-0.15, -0.1) is 0 Å². The molecule has 310 valence electrons. The SMILES string of the molecule is CC(C)(C)c1cc2c3c(c1)N1c4cc5c(cc4B3c3ccc(-c4ccccc4)cc3N2c2cccc(-c3ccccc3)c2)C(C)(C)CC5(C)c2ccc3c(c2)-c2c1cccc2C3(C)C. The molecule has 13 rings (SSSR count). The van der Waals surface area contributed by atoms with Gasteiger partial charge in [0, 0.05) is 44.8 Å². The molecular formula is C61H53BN2. The van der Waals surface area contributed by atoms with Crippen molar-refractivity contribution in [2.75, 3.05) is 9.80 Å². The van der Waals surface area contributed by atoms with E-state index in [-0.39, 0.29) is 28.4 Å². The molecule has 1 unspecified atom stereocenters. The predicted octanol–water partition coefficient (Wildman–Crippen LogP) is 14.0. The van der Waals surface area contributed by atoms with E-state index in [1.54, 1.807) is 0 Å². The Balaban J connectivity index is 1.19. The molecule has 0 saturated carbocycles. The van der Waals surface area contributed by atoms with Gasteiger partial charge < -0.3 is 9.80 Å². The lowest BCUT2D eigenvalue weighted by Gasteiger charge is -2.46. The molecule has 2 aliphatic carbocycles. The van der Waals surface area contributed by atoms with Crippen molar-refractivity contribution in [1.82, 2.24) is 0 Å². The number of fused-ring (bicyclic) bond motifs is 7. The van der Waals surface area contributed by atoms with Gasteiger partial charge in [0.15, 0.2) is 0 Å². The van der Waals surface area contributed by atoms with Crippen molar-refractivity contribution in [3.05, 3.63) is 197 Å². The fourth-order valence-electron chi connectivity index (χ4n) is 12.9. The first-order valence-electron chi connectivity index (χ1n) is 23.3. The minimum Gasteiger partial charge on any atom is -0.311 e. The van der Waals surface area contributed by atoms with Gasteiger partial charge in [-0.05, 0) is 143 Å². The summed E-state index contributed by atoms with van der Waals surface area (Å²) in [5.74, 6) is 0. The maximum Gasteiger partial charge on any atom is 0.252 e. The average Bonchev–Trinajstić information content (AvgIpc) is 3.66. The molecule has 0 N–H and O–H groups in total. The summed E-state index contributed by atoms with van der Waals surface area (Å²) in [6.07, 6.45) is 1.06. The summed E-state index contributed by atoms with van der Waals surface area (Å²) in [4.78, 5) is 5.33. The first-order chi connectivity index (χ1) is 30.7. The number of hydrogen-bond acceptors (Lipinski definition) is 2. The van der Waals surface area contributed by atoms with Crippen molar-refractivity contribution in [2.45, 2.75) is 83.5 Å². The molecule has 0 radical (unpaired) electrons. The number of anilines is 6. The van der Waals surface area contributed by atoms with E-state index >= 15 is 0 Å². The second-order valence-electron chi connectivity index (χ2n) is 21.8. The zero-order valence-electron chi connectivity index (χ0n) is 38.3. The monoisotopic (exact) mass is 824 g/mol. The van der Waals surface area contributed by atoms with Crippen LogP contribution in [0.3, 0.4) is 0 Å². The van der Waals surface area contributed by atoms with E-state index in [4.69, 9.17) is 0 Å². The van der Waals surface area contributed by atoms with Crippen LogP contribution in [0.1, 0.15) is 95.2 Å². The maximum atomic E-state index is 2.72. The predicted molar refractivity (Wildman–Crippen MR) is 272 cm³/mol. The standard InChI is InChI=1S/C61H53BN2/c1-58(2,3)42-32-54-57-55(33-42)64-51-24-16-23-46-56(51)44-31-41(26-27-45(44)60(46,6)7)61(8)36-59(4,5)47-34-50(53(64)35-48(47)61)62(57)49-28-25-40(38-19-13-10-14-20-38)30-52(49)63(54)43-22-15-21-39(29-43)37-17-11-9-12-18-37/h9-35H,36H2,1-8H3. The van der Waals surface area contributed by atoms with Crippen molar-refractivity contribution in [3.8, 4) is 33.4 Å². The third-order valence-corrected chi connectivity index (χ3v) is 16.1. The Morgan fingerprint density at radius 1 is 0.469 bits per heavy atom. The van der Waals surface area contributed by atoms with E-state index in [0.29, 0.717) is 0 Å². The molecule has 3 heterocycles. The maximum absolute atomic E-state index is 2.72. The van der Waals surface area contributed by atoms with Crippen LogP contribution in [-0.4, -0.2) is 6.71 Å². The summed E-state index contributed by atoms with van der Waals surface area (Å²) in [6.45, 7) is 19.5. The van der Waals surface area contributed by atoms with E-state index in [0.717, 1.165) is 6.42 Å². The molecule has 3 heteroatoms. The van der Waals surface area contributed by atoms with Gasteiger partial charge in [0.1, 0.15) is 0 Å². The lowest BCUT2D eigenvalue weighted by Crippen LogP contribution is -2.61. The lowest BCUT2D eigenvalue weighted by molar-refractivity contribution is 0.425. The molecular weight excluding hydrogens is 771 g/mol. The zero-order chi connectivity index (χ0) is 43.7. The topological polar surface area (TPSA) is 6.48 Å². The highest BCUT2D eigenvalue weighted by molar-refractivity contribution is 7.00. The number of benzene rings is 8. The molecule has 0 saturated heterocycles. The van der Waals surface area contributed by atoms with Gasteiger partial charge >= 0.3 is 0 Å². The van der Waals surface area contributed by atoms with Gasteiger partial charge in [-0.25, -0.2) is 0 Å². The van der Waals surface area contributed by atoms with Crippen LogP contribution in [0.2, 0.25) is 0 Å². The zero-order valence-corrected chi connectivity index (χ0v) is 38.3. The van der Waals surface area contributed by atoms with Gasteiger partial charge in [-0.3, -0.25) is 0 Å². The highest BCUT2D eigenvalue weighted by Gasteiger charge is 2.52. The van der Waals surface area contributed by atoms with Crippen LogP contribution < -0.4 is 26.2 Å². The van der Waals surface area contributed by atoms with Gasteiger partial charge in [0.2, 0.25) is 0 Å². The summed E-state index contributed by atoms with van der Waals surface area (Å²) in [5, 5.41) is 0. The number of rotatable bonds is 3. The van der Waals surface area contributed by atoms with Crippen LogP contribution in [0.5, 0.6) is 0 Å². The molecule has 1 atom stereocenters. The Bertz CT molecular complexity index is 3320. The molecule has 0 amide bonds. The highest BCUT2D eigenvalue weighted by atomic mass is 15.2. The van der Waals surface area contributed by atoms with Gasteiger partial charge in [-0.1, -0.05) is 171 Å². The second kappa shape index (κ2) is 12.6. The Hall–Kier alpha value is -6.58. The van der Waals surface area contributed by atoms with Crippen molar-refractivity contribution in [3.63, 3.8) is 0 Å². The molecule has 0 aromatic heterocycles. The van der Waals surface area contributed by atoms with Crippen LogP contribution in [0, 0.1) is 0 Å². The molecule has 8 aromatic carbocycles. The van der Waals surface area contributed by atoms with Crippen LogP contribution >= 0.6 is 0 Å². The summed E-state index contributed by atoms with van der Waals surface area (Å²) in [5.41, 5.74) is 27.5. The molecule has 2 nitrogen and oxygen atoms in total. The molecule has 4 bridgehead atoms. The van der Waals surface area contributed by atoms with E-state index in [2.05, 4.69) is 229 Å². The van der Waals surface area contributed by atoms with E-state index in [9.17, 15) is 0 Å². The van der Waals surface area contributed by atoms with Crippen molar-refractivity contribution >= 4 is 57.2 Å². The van der Waals surface area contributed by atoms with Crippen LogP contribution in [0.15, 0.2) is 164 Å². The fraction of sp³-hybridized carbons (Fsp3) is 0.213. The third-order valence-electron chi connectivity index (χ3n) is 16.1. The first-order valence-corrected chi connectivity index (χ1v) is 23.3. The summed E-state index contributed by atoms with van der Waals surface area (Å²) in [7, 11) is 0. The molecule has 3 aliphatic heterocycles. The summed E-state index contributed by atoms with van der Waals surface area (Å²) in [6, 6.07) is 63.4. The summed E-state index contributed by atoms with van der Waals surface area (Å²) >= 11 is 0. The Kier molecular flexibility index (Phi) is 7.45. The quantitative estimate of drug-likeness (QED) is 0.164. The van der Waals surface area contributed by atoms with E-state index in [1.165, 1.54) is 117 Å². The molecule has 8 aromatic rings. The lowest BCUT2D eigenvalue weighted by atomic mass is 9.33. The normalized spacial score (nSPS) is 18.5. The minimum atomic E-state index is -0.137. The molecule has 0 fully saturated rings. The van der Waals surface area contributed by atoms with Crippen LogP contribution in [-0.2, 0) is 21.7 Å². The minimum absolute atomic E-state index is 0.0218. The average molecular weight is 825 g/mol. The van der Waals surface area contributed by atoms with Gasteiger partial charge in [0.05, 0.1) is 5.69 Å². The molecule has 0 spiro atoms. The Labute approximate surface area is 379 Å². The van der Waals surface area contributed by atoms with Gasteiger partial charge in [-0.2, -0.15) is 0 Å². The smallest absolute Gasteiger partial charge is 0.252 e. The van der Waals surface area contributed by atoms with E-state index < -0.39 is 0 Å². The summed E-state index contributed by atoms with van der Waals surface area (Å²) < 4.78 is 0. The second-order valence-corrected chi connectivity index (χ2v) is 21.8. The fourth-order valence-corrected chi connectivity index (χ4v) is 12.9. The number of hydrogen-bond donors (Lipinski definition) is 0. The van der Waals surface area contributed by atoms with Crippen LogP contribution in [0.25, 0.3) is 33.4 Å². The van der Waals surface area contributed by atoms with Crippen molar-refractivity contribution < 1.29 is 0 Å². The van der Waals surface area contributed by atoms with Gasteiger partial charge in [0.25, 0.3) is 6.71 Å². The largest absolute Gasteiger partial charge is 0.311 e. The van der Waals surface area contributed by atoms with Crippen molar-refractivity contribution in [1.29, 1.82) is 0 Å². The van der Waals surface area contributed by atoms with E-state index in [1.807, 2.05) is 0 Å². The molecule has 5 aliphatic rings. The Morgan fingerprint density at radius 3 is 1.84 bits per heavy atom. The molecule has 64 heavy (non-hydrogen) atoms. The Morgan fingerprint density at radius 2 is 1.12 bits per heavy atom. The number of nitrogens with zero attached hydrogens (tertiary/aromatic N) is 2. The van der Waals surface area contributed by atoms with Crippen LogP contribution in [0.4, 0.5) is 34.1 Å². The van der Waals surface area contributed by atoms with Crippen molar-refractivity contribution in [2.24, 2.45) is 0 Å². The first kappa shape index (κ1) is 37.9. The highest BCUT2D eigenvalue weighted by Crippen LogP contribution is 2.60.